The fourth-order valence-corrected chi connectivity index (χ4v) is 1.63. The Bertz CT molecular complexity index is 142. The molecule has 0 aliphatic carbocycles. The Kier molecular flexibility index (Phi) is 9.06. The van der Waals surface area contributed by atoms with Gasteiger partial charge in [0, 0.05) is 19.7 Å². The molecule has 0 rings (SSSR count). The van der Waals surface area contributed by atoms with E-state index in [-0.39, 0.29) is 0 Å². The molecule has 0 fully saturated rings. The third kappa shape index (κ3) is 7.77. The summed E-state index contributed by atoms with van der Waals surface area (Å²) in [5.41, 5.74) is 0. The second-order valence-electron chi connectivity index (χ2n) is 4.55. The highest BCUT2D eigenvalue weighted by Gasteiger charge is 2.11. The summed E-state index contributed by atoms with van der Waals surface area (Å²) in [6.45, 7) is 10.9. The summed E-state index contributed by atoms with van der Waals surface area (Å²) in [5, 5.41) is 3.45. The minimum atomic E-state index is 0.503. The summed E-state index contributed by atoms with van der Waals surface area (Å²) in [6.07, 6.45) is 1.21. The first kappa shape index (κ1) is 14.9. The molecule has 0 heterocycles. The molecule has 3 nitrogen and oxygen atoms in total. The van der Waals surface area contributed by atoms with Gasteiger partial charge >= 0.3 is 0 Å². The second-order valence-corrected chi connectivity index (χ2v) is 4.55. The Balaban J connectivity index is 3.60. The third-order valence-corrected chi connectivity index (χ3v) is 2.68. The van der Waals surface area contributed by atoms with Crippen molar-refractivity contribution in [1.82, 2.24) is 10.2 Å². The Morgan fingerprint density at radius 1 is 1.33 bits per heavy atom. The van der Waals surface area contributed by atoms with Crippen LogP contribution in [0.25, 0.3) is 0 Å². The van der Waals surface area contributed by atoms with Crippen molar-refractivity contribution in [1.29, 1.82) is 0 Å². The topological polar surface area (TPSA) is 24.5 Å². The van der Waals surface area contributed by atoms with Crippen LogP contribution in [0.15, 0.2) is 0 Å². The average molecular weight is 216 g/mol. The number of nitrogens with zero attached hydrogens (tertiary/aromatic N) is 1. The molecule has 0 radical (unpaired) electrons. The van der Waals surface area contributed by atoms with E-state index in [1.165, 1.54) is 6.42 Å². The van der Waals surface area contributed by atoms with Crippen molar-refractivity contribution < 1.29 is 4.74 Å². The first-order valence-corrected chi connectivity index (χ1v) is 6.01. The molecular weight excluding hydrogens is 188 g/mol. The van der Waals surface area contributed by atoms with Crippen molar-refractivity contribution in [2.24, 2.45) is 5.92 Å². The van der Waals surface area contributed by atoms with Crippen molar-refractivity contribution in [2.75, 3.05) is 40.4 Å². The Hall–Kier alpha value is -0.120. The van der Waals surface area contributed by atoms with Gasteiger partial charge in [0.15, 0.2) is 0 Å². The van der Waals surface area contributed by atoms with E-state index < -0.39 is 0 Å². The van der Waals surface area contributed by atoms with Gasteiger partial charge in [0.2, 0.25) is 0 Å². The molecular formula is C12H28N2O. The van der Waals surface area contributed by atoms with Crippen molar-refractivity contribution in [3.8, 4) is 0 Å². The fraction of sp³-hybridized carbons (Fsp3) is 1.00. The Morgan fingerprint density at radius 2 is 2.00 bits per heavy atom. The highest BCUT2D eigenvalue weighted by atomic mass is 16.5. The van der Waals surface area contributed by atoms with Gasteiger partial charge in [0.1, 0.15) is 0 Å². The minimum Gasteiger partial charge on any atom is -0.383 e. The molecule has 0 aromatic heterocycles. The molecule has 0 saturated heterocycles. The van der Waals surface area contributed by atoms with Crippen LogP contribution in [0.3, 0.4) is 0 Å². The molecule has 0 saturated carbocycles. The van der Waals surface area contributed by atoms with Crippen molar-refractivity contribution in [3.63, 3.8) is 0 Å². The molecule has 0 aliphatic rings. The lowest BCUT2D eigenvalue weighted by Gasteiger charge is -2.27. The maximum Gasteiger partial charge on any atom is 0.0615 e. The van der Waals surface area contributed by atoms with Gasteiger partial charge in [-0.25, -0.2) is 0 Å². The van der Waals surface area contributed by atoms with Crippen LogP contribution in [-0.4, -0.2) is 51.3 Å². The number of ether oxygens (including phenoxy) is 1. The molecule has 0 aromatic rings. The predicted molar refractivity (Wildman–Crippen MR) is 66.3 cm³/mol. The van der Waals surface area contributed by atoms with Crippen LogP contribution >= 0.6 is 0 Å². The summed E-state index contributed by atoms with van der Waals surface area (Å²) >= 11 is 0. The van der Waals surface area contributed by atoms with Gasteiger partial charge < -0.3 is 15.0 Å². The molecule has 0 aromatic carbocycles. The molecule has 0 amide bonds. The molecule has 15 heavy (non-hydrogen) atoms. The van der Waals surface area contributed by atoms with E-state index in [9.17, 15) is 0 Å². The zero-order valence-corrected chi connectivity index (χ0v) is 11.0. The normalized spacial score (nSPS) is 15.6. The maximum atomic E-state index is 5.15. The number of rotatable bonds is 9. The Labute approximate surface area is 95.2 Å². The van der Waals surface area contributed by atoms with Crippen LogP contribution in [-0.2, 0) is 4.74 Å². The molecule has 0 aliphatic heterocycles. The van der Waals surface area contributed by atoms with Gasteiger partial charge in [-0.1, -0.05) is 13.8 Å². The van der Waals surface area contributed by atoms with Gasteiger partial charge in [-0.2, -0.15) is 0 Å². The summed E-state index contributed by atoms with van der Waals surface area (Å²) in [6, 6.07) is 0.503. The van der Waals surface area contributed by atoms with E-state index in [0.29, 0.717) is 12.0 Å². The van der Waals surface area contributed by atoms with Gasteiger partial charge in [-0.05, 0) is 39.4 Å². The number of methoxy groups -OCH3 is 1. The van der Waals surface area contributed by atoms with Crippen LogP contribution in [0.4, 0.5) is 0 Å². The summed E-state index contributed by atoms with van der Waals surface area (Å²) in [7, 11) is 3.93. The lowest BCUT2D eigenvalue weighted by atomic mass is 10.1. The SMILES string of the molecule is CCCNCC(C)CN(C)C(C)COC. The number of nitrogens with one attached hydrogen (secondary N) is 1. The number of hydrogen-bond donors (Lipinski definition) is 1. The van der Waals surface area contributed by atoms with Crippen molar-refractivity contribution >= 4 is 0 Å². The lowest BCUT2D eigenvalue weighted by Crippen LogP contribution is -2.38. The smallest absolute Gasteiger partial charge is 0.0615 e. The van der Waals surface area contributed by atoms with E-state index in [0.717, 1.165) is 26.2 Å². The quantitative estimate of drug-likeness (QED) is 0.592. The molecule has 1 N–H and O–H groups in total. The molecule has 2 unspecified atom stereocenters. The van der Waals surface area contributed by atoms with Crippen LogP contribution < -0.4 is 5.32 Å². The predicted octanol–water partition coefficient (Wildman–Crippen LogP) is 1.59. The van der Waals surface area contributed by atoms with Gasteiger partial charge in [0.05, 0.1) is 6.61 Å². The van der Waals surface area contributed by atoms with Crippen molar-refractivity contribution in [2.45, 2.75) is 33.2 Å². The van der Waals surface area contributed by atoms with Gasteiger partial charge in [-0.3, -0.25) is 0 Å². The monoisotopic (exact) mass is 216 g/mol. The largest absolute Gasteiger partial charge is 0.383 e. The zero-order valence-electron chi connectivity index (χ0n) is 11.0. The lowest BCUT2D eigenvalue weighted by molar-refractivity contribution is 0.107. The Morgan fingerprint density at radius 3 is 2.53 bits per heavy atom. The van der Waals surface area contributed by atoms with Gasteiger partial charge in [0.25, 0.3) is 0 Å². The average Bonchev–Trinajstić information content (AvgIpc) is 2.18. The van der Waals surface area contributed by atoms with Crippen LogP contribution in [0, 0.1) is 5.92 Å². The standard InChI is InChI=1S/C12H28N2O/c1-6-7-13-8-11(2)9-14(4)12(3)10-15-5/h11-13H,6-10H2,1-5H3. The number of hydrogen-bond acceptors (Lipinski definition) is 3. The summed E-state index contributed by atoms with van der Waals surface area (Å²) < 4.78 is 5.15. The molecule has 3 heteroatoms. The summed E-state index contributed by atoms with van der Waals surface area (Å²) in [5.74, 6) is 0.695. The maximum absolute atomic E-state index is 5.15. The van der Waals surface area contributed by atoms with Crippen molar-refractivity contribution in [3.05, 3.63) is 0 Å². The van der Waals surface area contributed by atoms with E-state index in [4.69, 9.17) is 4.74 Å². The van der Waals surface area contributed by atoms with Gasteiger partial charge in [-0.15, -0.1) is 0 Å². The molecule has 0 spiro atoms. The van der Waals surface area contributed by atoms with E-state index in [1.807, 2.05) is 0 Å². The highest BCUT2D eigenvalue weighted by molar-refractivity contribution is 4.67. The second kappa shape index (κ2) is 9.13. The molecule has 92 valence electrons. The first-order chi connectivity index (χ1) is 7.11. The van der Waals surface area contributed by atoms with Crippen LogP contribution in [0.2, 0.25) is 0 Å². The zero-order chi connectivity index (χ0) is 11.7. The van der Waals surface area contributed by atoms with E-state index >= 15 is 0 Å². The number of likely N-dealkylation sites (N-methyl/N-ethyl adjacent to an activating group) is 1. The first-order valence-electron chi connectivity index (χ1n) is 6.01. The highest BCUT2D eigenvalue weighted by Crippen LogP contribution is 2.02. The minimum absolute atomic E-state index is 0.503. The van der Waals surface area contributed by atoms with E-state index in [1.54, 1.807) is 7.11 Å². The molecule has 2 atom stereocenters. The van der Waals surface area contributed by atoms with E-state index in [2.05, 4.69) is 38.0 Å². The fourth-order valence-electron chi connectivity index (χ4n) is 1.63. The summed E-state index contributed by atoms with van der Waals surface area (Å²) in [4.78, 5) is 2.36. The third-order valence-electron chi connectivity index (χ3n) is 2.68. The van der Waals surface area contributed by atoms with Crippen LogP contribution in [0.5, 0.6) is 0 Å². The molecule has 0 bridgehead atoms. The van der Waals surface area contributed by atoms with Crippen LogP contribution in [0.1, 0.15) is 27.2 Å².